The Balaban J connectivity index is 1.63. The summed E-state index contributed by atoms with van der Waals surface area (Å²) in [4.78, 5) is 52.2. The van der Waals surface area contributed by atoms with E-state index in [4.69, 9.17) is 0 Å². The predicted molar refractivity (Wildman–Crippen MR) is 87.6 cm³/mol. The van der Waals surface area contributed by atoms with E-state index in [1.807, 2.05) is 0 Å². The van der Waals surface area contributed by atoms with Crippen LogP contribution >= 0.6 is 0 Å². The summed E-state index contributed by atoms with van der Waals surface area (Å²) in [5.41, 5.74) is 1.67. The SMILES string of the molecule is CN(C(=O)c1cccc2c1CN(C1CCC(=O)NC1=O)C2=O)C1CC1. The molecule has 0 spiro atoms. The second kappa shape index (κ2) is 5.68. The fourth-order valence-corrected chi connectivity index (χ4v) is 3.60. The number of amides is 4. The molecule has 4 rings (SSSR count). The van der Waals surface area contributed by atoms with E-state index < -0.39 is 11.9 Å². The van der Waals surface area contributed by atoms with Crippen LogP contribution in [0.5, 0.6) is 0 Å². The maximum absolute atomic E-state index is 12.8. The van der Waals surface area contributed by atoms with E-state index in [9.17, 15) is 19.2 Å². The molecule has 7 heteroatoms. The van der Waals surface area contributed by atoms with Gasteiger partial charge in [0.2, 0.25) is 11.8 Å². The van der Waals surface area contributed by atoms with Gasteiger partial charge in [-0.25, -0.2) is 0 Å². The highest BCUT2D eigenvalue weighted by molar-refractivity contribution is 6.07. The third-order valence-corrected chi connectivity index (χ3v) is 5.23. The molecule has 1 unspecified atom stereocenters. The lowest BCUT2D eigenvalue weighted by atomic mass is 10.0. The van der Waals surface area contributed by atoms with Gasteiger partial charge in [0.1, 0.15) is 6.04 Å². The highest BCUT2D eigenvalue weighted by atomic mass is 16.2. The molecule has 25 heavy (non-hydrogen) atoms. The van der Waals surface area contributed by atoms with Gasteiger partial charge in [0.25, 0.3) is 11.8 Å². The number of carbonyl (C=O) groups is 4. The van der Waals surface area contributed by atoms with E-state index in [0.717, 1.165) is 12.8 Å². The lowest BCUT2D eigenvalue weighted by Crippen LogP contribution is -2.52. The second-order valence-electron chi connectivity index (χ2n) is 6.88. The summed E-state index contributed by atoms with van der Waals surface area (Å²) in [7, 11) is 1.79. The Morgan fingerprint density at radius 1 is 1.20 bits per heavy atom. The van der Waals surface area contributed by atoms with Crippen LogP contribution in [0.2, 0.25) is 0 Å². The van der Waals surface area contributed by atoms with Crippen LogP contribution in [0, 0.1) is 0 Å². The van der Waals surface area contributed by atoms with Gasteiger partial charge >= 0.3 is 0 Å². The molecule has 0 aromatic heterocycles. The molecule has 2 aliphatic heterocycles. The molecule has 4 amide bonds. The molecular weight excluding hydrogens is 322 g/mol. The van der Waals surface area contributed by atoms with Crippen molar-refractivity contribution in [3.05, 3.63) is 34.9 Å². The van der Waals surface area contributed by atoms with E-state index in [0.29, 0.717) is 23.1 Å². The molecule has 1 aromatic rings. The normalized spacial score (nSPS) is 22.7. The summed E-state index contributed by atoms with van der Waals surface area (Å²) >= 11 is 0. The summed E-state index contributed by atoms with van der Waals surface area (Å²) in [6, 6.07) is 4.76. The zero-order chi connectivity index (χ0) is 17.7. The van der Waals surface area contributed by atoms with Gasteiger partial charge in [0.05, 0.1) is 0 Å². The Bertz CT molecular complexity index is 800. The molecule has 1 aromatic carbocycles. The van der Waals surface area contributed by atoms with Crippen molar-refractivity contribution in [2.75, 3.05) is 7.05 Å². The van der Waals surface area contributed by atoms with Gasteiger partial charge in [-0.05, 0) is 37.0 Å². The molecule has 1 saturated carbocycles. The predicted octanol–water partition coefficient (Wildman–Crippen LogP) is 0.682. The summed E-state index contributed by atoms with van der Waals surface area (Å²) in [5, 5.41) is 2.29. The Morgan fingerprint density at radius 2 is 1.96 bits per heavy atom. The van der Waals surface area contributed by atoms with E-state index in [1.54, 1.807) is 30.1 Å². The molecule has 2 heterocycles. The first-order chi connectivity index (χ1) is 12.0. The molecule has 1 N–H and O–H groups in total. The third-order valence-electron chi connectivity index (χ3n) is 5.23. The van der Waals surface area contributed by atoms with Gasteiger partial charge in [0.15, 0.2) is 0 Å². The van der Waals surface area contributed by atoms with Gasteiger partial charge in [-0.15, -0.1) is 0 Å². The highest BCUT2D eigenvalue weighted by Gasteiger charge is 2.41. The van der Waals surface area contributed by atoms with Gasteiger partial charge < -0.3 is 9.80 Å². The number of piperidine rings is 1. The van der Waals surface area contributed by atoms with E-state index in [2.05, 4.69) is 5.32 Å². The van der Waals surface area contributed by atoms with Crippen LogP contribution in [0.1, 0.15) is 52.0 Å². The number of hydrogen-bond donors (Lipinski definition) is 1. The van der Waals surface area contributed by atoms with Crippen molar-refractivity contribution in [3.8, 4) is 0 Å². The molecular formula is C18H19N3O4. The maximum Gasteiger partial charge on any atom is 0.255 e. The molecule has 1 aliphatic carbocycles. The maximum atomic E-state index is 12.8. The molecule has 0 bridgehead atoms. The summed E-state index contributed by atoms with van der Waals surface area (Å²) < 4.78 is 0. The fraction of sp³-hybridized carbons (Fsp3) is 0.444. The standard InChI is InChI=1S/C18H19N3O4/c1-20(10-5-6-10)17(24)11-3-2-4-12-13(11)9-21(18(12)25)14-7-8-15(22)19-16(14)23/h2-4,10,14H,5-9H2,1H3,(H,19,22,23). The van der Waals surface area contributed by atoms with Crippen LogP contribution in [0.4, 0.5) is 0 Å². The minimum Gasteiger partial charge on any atom is -0.339 e. The first-order valence-electron chi connectivity index (χ1n) is 8.51. The topological polar surface area (TPSA) is 86.8 Å². The molecule has 1 saturated heterocycles. The first-order valence-corrected chi connectivity index (χ1v) is 8.51. The minimum absolute atomic E-state index is 0.0859. The van der Waals surface area contributed by atoms with Gasteiger partial charge in [-0.1, -0.05) is 6.07 Å². The lowest BCUT2D eigenvalue weighted by Gasteiger charge is -2.29. The number of nitrogens with one attached hydrogen (secondary N) is 1. The zero-order valence-corrected chi connectivity index (χ0v) is 13.9. The first kappa shape index (κ1) is 15.8. The second-order valence-corrected chi connectivity index (χ2v) is 6.88. The van der Waals surface area contributed by atoms with Crippen LogP contribution in [0.25, 0.3) is 0 Å². The molecule has 130 valence electrons. The van der Waals surface area contributed by atoms with Crippen molar-refractivity contribution in [1.29, 1.82) is 0 Å². The molecule has 3 aliphatic rings. The Hall–Kier alpha value is -2.70. The quantitative estimate of drug-likeness (QED) is 0.819. The van der Waals surface area contributed by atoms with E-state index >= 15 is 0 Å². The Morgan fingerprint density at radius 3 is 2.64 bits per heavy atom. The van der Waals surface area contributed by atoms with E-state index in [-0.39, 0.29) is 36.7 Å². The Labute approximate surface area is 145 Å². The third kappa shape index (κ3) is 2.59. The van der Waals surface area contributed by atoms with Crippen LogP contribution in [-0.4, -0.2) is 52.6 Å². The summed E-state index contributed by atoms with van der Waals surface area (Å²) in [6.07, 6.45) is 2.56. The average Bonchev–Trinajstić information content (AvgIpc) is 3.38. The molecule has 2 fully saturated rings. The van der Waals surface area contributed by atoms with Gasteiger partial charge in [0, 0.05) is 37.2 Å². The highest BCUT2D eigenvalue weighted by Crippen LogP contribution is 2.32. The number of carbonyl (C=O) groups excluding carboxylic acids is 4. The van der Waals surface area contributed by atoms with Crippen molar-refractivity contribution in [1.82, 2.24) is 15.1 Å². The number of imide groups is 1. The van der Waals surface area contributed by atoms with Crippen molar-refractivity contribution >= 4 is 23.6 Å². The van der Waals surface area contributed by atoms with Crippen molar-refractivity contribution < 1.29 is 19.2 Å². The summed E-state index contributed by atoms with van der Waals surface area (Å²) in [6.45, 7) is 0.223. The number of benzene rings is 1. The average molecular weight is 341 g/mol. The minimum atomic E-state index is -0.665. The summed E-state index contributed by atoms with van der Waals surface area (Å²) in [5.74, 6) is -1.10. The van der Waals surface area contributed by atoms with Crippen molar-refractivity contribution in [2.24, 2.45) is 0 Å². The van der Waals surface area contributed by atoms with Crippen LogP contribution in [-0.2, 0) is 16.1 Å². The monoisotopic (exact) mass is 341 g/mol. The largest absolute Gasteiger partial charge is 0.339 e. The van der Waals surface area contributed by atoms with Crippen molar-refractivity contribution in [3.63, 3.8) is 0 Å². The van der Waals surface area contributed by atoms with Crippen LogP contribution in [0.15, 0.2) is 18.2 Å². The van der Waals surface area contributed by atoms with Gasteiger partial charge in [-0.3, -0.25) is 24.5 Å². The molecule has 1 atom stereocenters. The fourth-order valence-electron chi connectivity index (χ4n) is 3.60. The number of hydrogen-bond acceptors (Lipinski definition) is 4. The number of nitrogens with zero attached hydrogens (tertiary/aromatic N) is 2. The van der Waals surface area contributed by atoms with E-state index in [1.165, 1.54) is 4.90 Å². The lowest BCUT2D eigenvalue weighted by molar-refractivity contribution is -0.136. The van der Waals surface area contributed by atoms with Crippen LogP contribution in [0.3, 0.4) is 0 Å². The van der Waals surface area contributed by atoms with Crippen molar-refractivity contribution in [2.45, 2.75) is 44.3 Å². The van der Waals surface area contributed by atoms with Gasteiger partial charge in [-0.2, -0.15) is 0 Å². The zero-order valence-electron chi connectivity index (χ0n) is 13.9. The Kier molecular flexibility index (Phi) is 3.59. The molecule has 7 nitrogen and oxygen atoms in total. The number of fused-ring (bicyclic) bond motifs is 1. The molecule has 0 radical (unpaired) electrons. The number of rotatable bonds is 3. The van der Waals surface area contributed by atoms with Crippen LogP contribution < -0.4 is 5.32 Å². The smallest absolute Gasteiger partial charge is 0.255 e.